The van der Waals surface area contributed by atoms with E-state index in [1.807, 2.05) is 5.48 Å². The van der Waals surface area contributed by atoms with Crippen molar-refractivity contribution in [2.75, 3.05) is 46.1 Å². The summed E-state index contributed by atoms with van der Waals surface area (Å²) >= 11 is 0. The maximum Gasteiger partial charge on any atom is 0.431 e. The van der Waals surface area contributed by atoms with E-state index >= 15 is 0 Å². The fraction of sp³-hybridized carbons (Fsp3) is 0.706. The lowest BCUT2D eigenvalue weighted by Crippen LogP contribution is -2.37. The smallest absolute Gasteiger partial charge is 0.431 e. The van der Waals surface area contributed by atoms with Crippen molar-refractivity contribution in [2.24, 2.45) is 0 Å². The monoisotopic (exact) mass is 389 g/mol. The maximum absolute atomic E-state index is 11.5. The lowest BCUT2D eigenvalue weighted by molar-refractivity contribution is -0.128. The molecule has 10 nitrogen and oxygen atoms in total. The number of hydroxylamine groups is 1. The summed E-state index contributed by atoms with van der Waals surface area (Å²) in [5, 5.41) is 5.20. The number of hydrogen-bond acceptors (Lipinski definition) is 7. The highest BCUT2D eigenvalue weighted by Crippen LogP contribution is 2.06. The summed E-state index contributed by atoms with van der Waals surface area (Å²) in [7, 11) is 0. The van der Waals surface area contributed by atoms with Crippen LogP contribution in [0.5, 0.6) is 0 Å². The van der Waals surface area contributed by atoms with Crippen molar-refractivity contribution >= 4 is 17.9 Å². The number of hydrogen-bond donors (Lipinski definition) is 3. The molecule has 0 saturated carbocycles. The number of carbonyl (C=O) groups is 3. The number of nitrogens with one attached hydrogen (secondary N) is 3. The summed E-state index contributed by atoms with van der Waals surface area (Å²) < 4.78 is 15.5. The highest BCUT2D eigenvalue weighted by atomic mass is 16.7. The molecule has 156 valence electrons. The van der Waals surface area contributed by atoms with Crippen molar-refractivity contribution in [3.8, 4) is 0 Å². The topological polar surface area (TPSA) is 124 Å². The van der Waals surface area contributed by atoms with Crippen LogP contribution in [0.2, 0.25) is 0 Å². The lowest BCUT2D eigenvalue weighted by atomic mass is 10.2. The largest absolute Gasteiger partial charge is 0.442 e. The Morgan fingerprint density at radius 1 is 0.926 bits per heavy atom. The van der Waals surface area contributed by atoms with Gasteiger partial charge in [-0.3, -0.25) is 14.4 Å². The van der Waals surface area contributed by atoms with E-state index < -0.39 is 17.6 Å². The SMILES string of the molecule is C=C(C)C(=O)NCCOCCOCCNC(=O)CONC(=O)OC(C)(C)C. The van der Waals surface area contributed by atoms with E-state index in [1.54, 1.807) is 27.7 Å². The van der Waals surface area contributed by atoms with Crippen LogP contribution in [0.15, 0.2) is 12.2 Å². The molecule has 0 aromatic rings. The average molecular weight is 389 g/mol. The van der Waals surface area contributed by atoms with E-state index in [4.69, 9.17) is 19.0 Å². The fourth-order valence-electron chi connectivity index (χ4n) is 1.48. The van der Waals surface area contributed by atoms with Crippen LogP contribution in [0.25, 0.3) is 0 Å². The highest BCUT2D eigenvalue weighted by Gasteiger charge is 2.16. The molecule has 0 unspecified atom stereocenters. The summed E-state index contributed by atoms with van der Waals surface area (Å²) in [6.45, 7) is 12.1. The van der Waals surface area contributed by atoms with E-state index in [0.717, 1.165) is 0 Å². The molecule has 0 aromatic carbocycles. The molecule has 0 aliphatic rings. The van der Waals surface area contributed by atoms with Gasteiger partial charge in [0.25, 0.3) is 0 Å². The van der Waals surface area contributed by atoms with Crippen molar-refractivity contribution in [3.05, 3.63) is 12.2 Å². The van der Waals surface area contributed by atoms with Gasteiger partial charge in [-0.1, -0.05) is 6.58 Å². The molecule has 0 spiro atoms. The van der Waals surface area contributed by atoms with Crippen molar-refractivity contribution in [2.45, 2.75) is 33.3 Å². The fourth-order valence-corrected chi connectivity index (χ4v) is 1.48. The molecule has 0 aliphatic carbocycles. The molecule has 0 atom stereocenters. The number of ether oxygens (including phenoxy) is 3. The zero-order chi connectivity index (χ0) is 20.7. The van der Waals surface area contributed by atoms with Gasteiger partial charge in [-0.25, -0.2) is 4.79 Å². The molecule has 0 aromatic heterocycles. The van der Waals surface area contributed by atoms with Gasteiger partial charge >= 0.3 is 6.09 Å². The van der Waals surface area contributed by atoms with Gasteiger partial charge in [-0.05, 0) is 27.7 Å². The molecule has 27 heavy (non-hydrogen) atoms. The molecule has 0 fully saturated rings. The van der Waals surface area contributed by atoms with Gasteiger partial charge in [0.15, 0.2) is 6.61 Å². The van der Waals surface area contributed by atoms with Crippen LogP contribution in [-0.4, -0.2) is 69.6 Å². The van der Waals surface area contributed by atoms with Gasteiger partial charge in [-0.15, -0.1) is 0 Å². The van der Waals surface area contributed by atoms with Gasteiger partial charge in [0.05, 0.1) is 26.4 Å². The van der Waals surface area contributed by atoms with Gasteiger partial charge in [-0.2, -0.15) is 5.48 Å². The summed E-state index contributed by atoms with van der Waals surface area (Å²) in [6.07, 6.45) is -0.766. The Morgan fingerprint density at radius 3 is 2.00 bits per heavy atom. The Balaban J connectivity index is 3.42. The molecule has 0 saturated heterocycles. The molecule has 0 radical (unpaired) electrons. The maximum atomic E-state index is 11.5. The quantitative estimate of drug-likeness (QED) is 0.235. The van der Waals surface area contributed by atoms with Crippen LogP contribution >= 0.6 is 0 Å². The molecular formula is C17H31N3O7. The lowest BCUT2D eigenvalue weighted by Gasteiger charge is -2.19. The van der Waals surface area contributed by atoms with Crippen molar-refractivity contribution < 1.29 is 33.4 Å². The standard InChI is InChI=1S/C17H31N3O7/c1-13(2)15(22)19-7-9-25-11-10-24-8-6-18-14(21)12-26-20-16(23)27-17(3,4)5/h1,6-12H2,2-5H3,(H,18,21)(H,19,22)(H,20,23). The molecule has 3 N–H and O–H groups in total. The summed E-state index contributed by atoms with van der Waals surface area (Å²) in [5.74, 6) is -0.602. The summed E-state index contributed by atoms with van der Waals surface area (Å²) in [4.78, 5) is 38.7. The second-order valence-electron chi connectivity index (χ2n) is 6.50. The van der Waals surface area contributed by atoms with E-state index in [2.05, 4.69) is 17.2 Å². The first-order chi connectivity index (χ1) is 12.6. The number of rotatable bonds is 13. The van der Waals surface area contributed by atoms with Crippen molar-refractivity contribution in [1.29, 1.82) is 0 Å². The van der Waals surface area contributed by atoms with E-state index in [1.165, 1.54) is 0 Å². The Kier molecular flexibility index (Phi) is 12.8. The Bertz CT molecular complexity index is 489. The first kappa shape index (κ1) is 24.8. The van der Waals surface area contributed by atoms with E-state index in [0.29, 0.717) is 45.1 Å². The predicted octanol–water partition coefficient (Wildman–Crippen LogP) is 0.284. The second kappa shape index (κ2) is 14.0. The Hall–Kier alpha value is -2.17. The molecule has 0 rings (SSSR count). The highest BCUT2D eigenvalue weighted by molar-refractivity contribution is 5.92. The first-order valence-corrected chi connectivity index (χ1v) is 8.58. The van der Waals surface area contributed by atoms with Crippen molar-refractivity contribution in [3.63, 3.8) is 0 Å². The molecule has 10 heteroatoms. The molecule has 0 bridgehead atoms. The zero-order valence-electron chi connectivity index (χ0n) is 16.5. The molecular weight excluding hydrogens is 358 g/mol. The van der Waals surface area contributed by atoms with Crippen LogP contribution in [0.3, 0.4) is 0 Å². The normalized spacial score (nSPS) is 10.8. The van der Waals surface area contributed by atoms with E-state index in [9.17, 15) is 14.4 Å². The summed E-state index contributed by atoms with van der Waals surface area (Å²) in [6, 6.07) is 0. The third-order valence-corrected chi connectivity index (χ3v) is 2.62. The molecule has 0 heterocycles. The first-order valence-electron chi connectivity index (χ1n) is 8.58. The second-order valence-corrected chi connectivity index (χ2v) is 6.50. The van der Waals surface area contributed by atoms with E-state index in [-0.39, 0.29) is 12.5 Å². The number of amides is 3. The Labute approximate surface area is 159 Å². The van der Waals surface area contributed by atoms with Crippen molar-refractivity contribution in [1.82, 2.24) is 16.1 Å². The van der Waals surface area contributed by atoms with Crippen LogP contribution in [0.1, 0.15) is 27.7 Å². The zero-order valence-corrected chi connectivity index (χ0v) is 16.5. The molecule has 0 aliphatic heterocycles. The Morgan fingerprint density at radius 2 is 1.48 bits per heavy atom. The number of carbonyl (C=O) groups excluding carboxylic acids is 3. The van der Waals surface area contributed by atoms with Gasteiger partial charge in [0.2, 0.25) is 11.8 Å². The molecule has 3 amide bonds. The summed E-state index contributed by atoms with van der Waals surface area (Å²) in [5.41, 5.74) is 1.82. The average Bonchev–Trinajstić information content (AvgIpc) is 2.54. The van der Waals surface area contributed by atoms with Gasteiger partial charge in [0, 0.05) is 18.7 Å². The van der Waals surface area contributed by atoms with Gasteiger partial charge in [0.1, 0.15) is 5.60 Å². The predicted molar refractivity (Wildman–Crippen MR) is 97.8 cm³/mol. The third kappa shape index (κ3) is 17.0. The van der Waals surface area contributed by atoms with Crippen LogP contribution in [0, 0.1) is 0 Å². The minimum Gasteiger partial charge on any atom is -0.442 e. The third-order valence-electron chi connectivity index (χ3n) is 2.62. The van der Waals surface area contributed by atoms with Gasteiger partial charge < -0.3 is 24.8 Å². The minimum atomic E-state index is -0.766. The minimum absolute atomic E-state index is 0.198. The van der Waals surface area contributed by atoms with Crippen LogP contribution < -0.4 is 16.1 Å². The van der Waals surface area contributed by atoms with Crippen LogP contribution in [-0.2, 0) is 28.6 Å². The van der Waals surface area contributed by atoms with Crippen LogP contribution in [0.4, 0.5) is 4.79 Å².